The van der Waals surface area contributed by atoms with Gasteiger partial charge in [-0.1, -0.05) is 121 Å². The van der Waals surface area contributed by atoms with Crippen molar-refractivity contribution in [2.75, 3.05) is 31.2 Å². The van der Waals surface area contributed by atoms with E-state index in [4.69, 9.17) is 24.9 Å². The van der Waals surface area contributed by atoms with Gasteiger partial charge < -0.3 is 56.2 Å². The fourth-order valence-corrected chi connectivity index (χ4v) is 10.6. The summed E-state index contributed by atoms with van der Waals surface area (Å²) in [6, 6.07) is 24.0. The van der Waals surface area contributed by atoms with Crippen molar-refractivity contribution in [3.8, 4) is 11.4 Å². The standard InChI is InChI=1S/C55H62N8O13S2/c1-4-32(3)47(66)60-42(25-34-16-10-7-11-17-34)51(70)62-41(24-33-14-8-6-9-15-33)50(69)58-29-39(56)48(67)61-43(28-45(64)65)49(68)57-20-22-77-78-23-21-74-54(73)76-55(5-2)38-27-44-46-36(26-35-18-12-13-19-40(35)59-46)30-63(44)52(71)37(38)31-75-53(55)72/h6-19,26-27,32,39,41-43H,4-5,20-25,28-31,56H2,1-3H3,(H,57,68)(H,58,69)(H,60,66)(H,61,67)(H,62,70)(H,64,65)/t32?,39-,41-,42-,43-,55-/m0/s1. The Kier molecular flexibility index (Phi) is 20.1. The number of nitrogens with zero attached hydrogens (tertiary/aromatic N) is 2. The van der Waals surface area contributed by atoms with Crippen LogP contribution in [0.3, 0.4) is 0 Å². The molecule has 7 rings (SSSR count). The van der Waals surface area contributed by atoms with Crippen molar-refractivity contribution >= 4 is 80.1 Å². The van der Waals surface area contributed by atoms with Gasteiger partial charge in [-0.05, 0) is 42.2 Å². The lowest BCUT2D eigenvalue weighted by atomic mass is 9.85. The van der Waals surface area contributed by atoms with Gasteiger partial charge in [0, 0.05) is 59.9 Å². The van der Waals surface area contributed by atoms with E-state index >= 15 is 0 Å². The van der Waals surface area contributed by atoms with Crippen molar-refractivity contribution < 1.29 is 57.7 Å². The van der Waals surface area contributed by atoms with E-state index in [0.29, 0.717) is 29.1 Å². The number of hydrogen-bond acceptors (Lipinski definition) is 16. The van der Waals surface area contributed by atoms with Crippen molar-refractivity contribution in [2.45, 2.75) is 95.8 Å². The largest absolute Gasteiger partial charge is 0.509 e. The second-order valence-corrected chi connectivity index (χ2v) is 21.4. The van der Waals surface area contributed by atoms with E-state index in [-0.39, 0.29) is 79.8 Å². The molecule has 0 aliphatic carbocycles. The average Bonchev–Trinajstić information content (AvgIpc) is 3.86. The minimum absolute atomic E-state index is 0.0477. The highest BCUT2D eigenvalue weighted by atomic mass is 33.1. The molecule has 5 amide bonds. The zero-order valence-electron chi connectivity index (χ0n) is 43.2. The second kappa shape index (κ2) is 27.0. The number of benzene rings is 3. The SMILES string of the molecule is CCC(C)C(=O)N[C@@H](Cc1ccccc1)C(=O)N[C@@H](Cc1ccccc1)C(=O)NC[C@H](N)C(=O)N[C@@H](CC(=O)O)C(=O)NCCSSCCOC(=O)O[C@]1(CC)C(=O)OCc2c1cc1n(c2=O)Cc2cc3ccccc3nc2-1. The van der Waals surface area contributed by atoms with E-state index in [1.807, 2.05) is 67.6 Å². The van der Waals surface area contributed by atoms with Gasteiger partial charge in [0.2, 0.25) is 35.1 Å². The molecule has 78 heavy (non-hydrogen) atoms. The van der Waals surface area contributed by atoms with Gasteiger partial charge >= 0.3 is 18.1 Å². The van der Waals surface area contributed by atoms with Gasteiger partial charge in [0.05, 0.1) is 35.4 Å². The number of fused-ring (bicyclic) bond motifs is 5. The van der Waals surface area contributed by atoms with E-state index in [9.17, 15) is 48.3 Å². The molecule has 0 spiro atoms. The van der Waals surface area contributed by atoms with Crippen molar-refractivity contribution in [1.29, 1.82) is 0 Å². The molecule has 2 aliphatic heterocycles. The summed E-state index contributed by atoms with van der Waals surface area (Å²) in [6.07, 6.45) is -1.23. The summed E-state index contributed by atoms with van der Waals surface area (Å²) in [5, 5.41) is 23.6. The van der Waals surface area contributed by atoms with E-state index in [2.05, 4.69) is 26.6 Å². The Morgan fingerprint density at radius 3 is 2.06 bits per heavy atom. The van der Waals surface area contributed by atoms with Gasteiger partial charge in [0.1, 0.15) is 37.4 Å². The Balaban J connectivity index is 0.863. The van der Waals surface area contributed by atoms with Crippen LogP contribution >= 0.6 is 21.6 Å². The maximum Gasteiger partial charge on any atom is 0.509 e. The Labute approximate surface area is 457 Å². The third kappa shape index (κ3) is 14.4. The monoisotopic (exact) mass is 1110 g/mol. The van der Waals surface area contributed by atoms with Gasteiger partial charge in [-0.3, -0.25) is 33.6 Å². The number of carbonyl (C=O) groups excluding carboxylic acids is 7. The van der Waals surface area contributed by atoms with Crippen LogP contribution < -0.4 is 37.9 Å². The minimum atomic E-state index is -1.95. The number of nitrogens with two attached hydrogens (primary N) is 1. The fraction of sp³-hybridized carbons (Fsp3) is 0.382. The molecular weight excluding hydrogens is 1040 g/mol. The first kappa shape index (κ1) is 57.9. The van der Waals surface area contributed by atoms with Crippen LogP contribution in [0, 0.1) is 5.92 Å². The van der Waals surface area contributed by atoms with E-state index < -0.39 is 84.5 Å². The first-order valence-corrected chi connectivity index (χ1v) is 28.0. The lowest BCUT2D eigenvalue weighted by molar-refractivity contribution is -0.175. The lowest BCUT2D eigenvalue weighted by Gasteiger charge is -2.35. The highest BCUT2D eigenvalue weighted by molar-refractivity contribution is 8.76. The molecular formula is C55H62N8O13S2. The van der Waals surface area contributed by atoms with E-state index in [0.717, 1.165) is 22.0 Å². The highest BCUT2D eigenvalue weighted by Gasteiger charge is 2.51. The molecule has 0 saturated carbocycles. The van der Waals surface area contributed by atoms with Gasteiger partial charge in [0.15, 0.2) is 0 Å². The molecule has 23 heteroatoms. The number of aliphatic carboxylic acids is 1. The number of rotatable bonds is 26. The topological polar surface area (TPSA) is 306 Å². The number of pyridine rings is 2. The van der Waals surface area contributed by atoms with Crippen molar-refractivity contribution in [2.24, 2.45) is 11.7 Å². The van der Waals surface area contributed by atoms with Crippen LogP contribution in [0.25, 0.3) is 22.3 Å². The molecule has 2 aliphatic rings. The normalized spacial score (nSPS) is 16.1. The number of carboxylic acid groups (broad SMARTS) is 1. The Bertz CT molecular complexity index is 3090. The zero-order valence-corrected chi connectivity index (χ0v) is 44.9. The quantitative estimate of drug-likeness (QED) is 0.0232. The Hall–Kier alpha value is -7.76. The van der Waals surface area contributed by atoms with Crippen LogP contribution in [0.1, 0.15) is 67.9 Å². The highest BCUT2D eigenvalue weighted by Crippen LogP contribution is 2.41. The Morgan fingerprint density at radius 2 is 1.40 bits per heavy atom. The van der Waals surface area contributed by atoms with Gasteiger partial charge in [-0.2, -0.15) is 0 Å². The number of nitrogens with one attached hydrogen (secondary N) is 5. The van der Waals surface area contributed by atoms with Crippen molar-refractivity contribution in [3.05, 3.63) is 135 Å². The van der Waals surface area contributed by atoms with Crippen LogP contribution in [0.15, 0.2) is 102 Å². The molecule has 4 heterocycles. The predicted molar refractivity (Wildman–Crippen MR) is 291 cm³/mol. The third-order valence-electron chi connectivity index (χ3n) is 13.3. The van der Waals surface area contributed by atoms with Gasteiger partial charge in [0.25, 0.3) is 5.56 Å². The van der Waals surface area contributed by atoms with Crippen molar-refractivity contribution in [3.63, 3.8) is 0 Å². The summed E-state index contributed by atoms with van der Waals surface area (Å²) < 4.78 is 18.0. The molecule has 2 aromatic heterocycles. The molecule has 5 aromatic rings. The first-order valence-electron chi connectivity index (χ1n) is 25.5. The molecule has 0 bridgehead atoms. The van der Waals surface area contributed by atoms with Gasteiger partial charge in [-0.15, -0.1) is 0 Å². The summed E-state index contributed by atoms with van der Waals surface area (Å²) in [7, 11) is 2.58. The molecule has 8 N–H and O–H groups in total. The van der Waals surface area contributed by atoms with Crippen LogP contribution in [0.2, 0.25) is 0 Å². The number of amides is 5. The maximum atomic E-state index is 13.9. The molecule has 0 fully saturated rings. The summed E-state index contributed by atoms with van der Waals surface area (Å²) in [5.74, 6) is -5.36. The smallest absolute Gasteiger partial charge is 0.481 e. The molecule has 6 atom stereocenters. The van der Waals surface area contributed by atoms with Crippen LogP contribution in [-0.2, 0) is 79.4 Å². The minimum Gasteiger partial charge on any atom is -0.481 e. The lowest BCUT2D eigenvalue weighted by Crippen LogP contribution is -2.58. The number of cyclic esters (lactones) is 1. The summed E-state index contributed by atoms with van der Waals surface area (Å²) in [5.41, 5.74) is 8.35. The van der Waals surface area contributed by atoms with E-state index in [1.165, 1.54) is 21.6 Å². The number of esters is 1. The van der Waals surface area contributed by atoms with Crippen LogP contribution in [0.4, 0.5) is 4.79 Å². The summed E-state index contributed by atoms with van der Waals surface area (Å²) in [4.78, 5) is 124. The van der Waals surface area contributed by atoms with Crippen LogP contribution in [-0.4, -0.2) is 118 Å². The maximum absolute atomic E-state index is 13.9. The summed E-state index contributed by atoms with van der Waals surface area (Å²) in [6.45, 7) is 4.69. The number of carboxylic acids is 1. The number of aromatic nitrogens is 2. The number of hydrogen-bond donors (Lipinski definition) is 7. The molecule has 21 nitrogen and oxygen atoms in total. The summed E-state index contributed by atoms with van der Waals surface area (Å²) >= 11 is 0. The second-order valence-electron chi connectivity index (χ2n) is 18.7. The average molecular weight is 1110 g/mol. The number of para-hydroxylation sites is 1. The zero-order chi connectivity index (χ0) is 55.9. The number of ether oxygens (including phenoxy) is 3. The molecule has 0 saturated heterocycles. The van der Waals surface area contributed by atoms with Crippen molar-refractivity contribution in [1.82, 2.24) is 36.1 Å². The predicted octanol–water partition coefficient (Wildman–Crippen LogP) is 3.64. The third-order valence-corrected chi connectivity index (χ3v) is 15.7. The first-order chi connectivity index (χ1) is 37.5. The van der Waals surface area contributed by atoms with Gasteiger partial charge in [-0.25, -0.2) is 14.6 Å². The molecule has 1 unspecified atom stereocenters. The Morgan fingerprint density at radius 1 is 0.782 bits per heavy atom. The molecule has 3 aromatic carbocycles. The number of carbonyl (C=O) groups is 8. The fourth-order valence-electron chi connectivity index (χ4n) is 8.85. The molecule has 412 valence electrons. The van der Waals surface area contributed by atoms with E-state index in [1.54, 1.807) is 54.8 Å². The molecule has 0 radical (unpaired) electrons. The van der Waals surface area contributed by atoms with Crippen LogP contribution in [0.5, 0.6) is 0 Å².